The third kappa shape index (κ3) is 3.44. The number of likely N-dealkylation sites (tertiary alicyclic amines) is 2. The summed E-state index contributed by atoms with van der Waals surface area (Å²) in [5, 5.41) is 3.75. The maximum Gasteiger partial charge on any atom is 0.0195 e. The fourth-order valence-corrected chi connectivity index (χ4v) is 2.86. The zero-order valence-corrected chi connectivity index (χ0v) is 10.2. The number of rotatable bonds is 3. The van der Waals surface area contributed by atoms with Crippen molar-refractivity contribution >= 4 is 0 Å². The van der Waals surface area contributed by atoms with Gasteiger partial charge in [-0.15, -0.1) is 0 Å². The molecule has 2 heterocycles. The normalized spacial score (nSPS) is 34.8. The summed E-state index contributed by atoms with van der Waals surface area (Å²) in [6.07, 6.45) is 4.11. The van der Waals surface area contributed by atoms with Crippen LogP contribution in [0, 0.1) is 5.92 Å². The van der Waals surface area contributed by atoms with E-state index in [1.807, 2.05) is 0 Å². The molecule has 0 spiro atoms. The van der Waals surface area contributed by atoms with Gasteiger partial charge in [0.25, 0.3) is 0 Å². The van der Waals surface area contributed by atoms with Gasteiger partial charge in [0.2, 0.25) is 0 Å². The van der Waals surface area contributed by atoms with Crippen molar-refractivity contribution < 1.29 is 0 Å². The maximum atomic E-state index is 3.75. The largest absolute Gasteiger partial charge is 0.312 e. The van der Waals surface area contributed by atoms with Crippen LogP contribution in [0.1, 0.15) is 19.3 Å². The first-order chi connectivity index (χ1) is 7.24. The van der Waals surface area contributed by atoms with Crippen LogP contribution in [-0.4, -0.2) is 62.7 Å². The van der Waals surface area contributed by atoms with Crippen LogP contribution in [-0.2, 0) is 0 Å². The molecule has 88 valence electrons. The lowest BCUT2D eigenvalue weighted by Crippen LogP contribution is -2.45. The van der Waals surface area contributed by atoms with Crippen LogP contribution in [0.2, 0.25) is 0 Å². The zero-order chi connectivity index (χ0) is 10.7. The van der Waals surface area contributed by atoms with Crippen LogP contribution >= 0.6 is 0 Å². The van der Waals surface area contributed by atoms with E-state index in [0.29, 0.717) is 0 Å². The third-order valence-corrected chi connectivity index (χ3v) is 3.81. The average Bonchev–Trinajstić information content (AvgIpc) is 2.62. The van der Waals surface area contributed by atoms with Gasteiger partial charge in [0.1, 0.15) is 0 Å². The molecular weight excluding hydrogens is 186 g/mol. The number of hydrogen-bond donors (Lipinski definition) is 1. The van der Waals surface area contributed by atoms with Crippen molar-refractivity contribution in [2.45, 2.75) is 25.3 Å². The molecule has 2 unspecified atom stereocenters. The van der Waals surface area contributed by atoms with Crippen molar-refractivity contribution in [3.05, 3.63) is 0 Å². The minimum absolute atomic E-state index is 0.745. The number of hydrogen-bond acceptors (Lipinski definition) is 3. The van der Waals surface area contributed by atoms with Crippen molar-refractivity contribution in [2.24, 2.45) is 5.92 Å². The van der Waals surface area contributed by atoms with Crippen molar-refractivity contribution in [1.82, 2.24) is 15.1 Å². The molecule has 3 nitrogen and oxygen atoms in total. The minimum Gasteiger partial charge on any atom is -0.312 e. The van der Waals surface area contributed by atoms with E-state index in [4.69, 9.17) is 0 Å². The van der Waals surface area contributed by atoms with Gasteiger partial charge in [-0.2, -0.15) is 0 Å². The van der Waals surface area contributed by atoms with Gasteiger partial charge in [-0.3, -0.25) is 0 Å². The van der Waals surface area contributed by atoms with Gasteiger partial charge >= 0.3 is 0 Å². The van der Waals surface area contributed by atoms with Gasteiger partial charge in [0, 0.05) is 19.1 Å². The molecule has 0 aromatic rings. The van der Waals surface area contributed by atoms with Crippen molar-refractivity contribution in [1.29, 1.82) is 0 Å². The number of nitrogens with zero attached hydrogens (tertiary/aromatic N) is 2. The summed E-state index contributed by atoms with van der Waals surface area (Å²) in [6, 6.07) is 0.745. The van der Waals surface area contributed by atoms with Crippen LogP contribution in [0.3, 0.4) is 0 Å². The summed E-state index contributed by atoms with van der Waals surface area (Å²) in [5.74, 6) is 0.891. The lowest BCUT2D eigenvalue weighted by Gasteiger charge is -2.31. The Kier molecular flexibility index (Phi) is 4.00. The first-order valence-corrected chi connectivity index (χ1v) is 6.34. The molecule has 0 aliphatic carbocycles. The fraction of sp³-hybridized carbons (Fsp3) is 1.00. The molecule has 15 heavy (non-hydrogen) atoms. The number of nitrogens with one attached hydrogen (secondary N) is 1. The molecule has 2 saturated heterocycles. The number of piperidine rings is 1. The lowest BCUT2D eigenvalue weighted by molar-refractivity contribution is 0.222. The molecule has 2 atom stereocenters. The summed E-state index contributed by atoms with van der Waals surface area (Å²) >= 11 is 0. The molecule has 2 aliphatic heterocycles. The Hall–Kier alpha value is -0.120. The molecule has 0 radical (unpaired) electrons. The molecule has 0 amide bonds. The molecule has 0 bridgehead atoms. The highest BCUT2D eigenvalue weighted by Crippen LogP contribution is 2.14. The zero-order valence-electron chi connectivity index (χ0n) is 10.2. The topological polar surface area (TPSA) is 18.5 Å². The van der Waals surface area contributed by atoms with Crippen LogP contribution in [0.4, 0.5) is 0 Å². The smallest absolute Gasteiger partial charge is 0.0195 e. The molecule has 2 rings (SSSR count). The quantitative estimate of drug-likeness (QED) is 0.738. The standard InChI is InChI=1S/C12H25N3/c1-14-6-3-4-12(10-14)13-8-11-5-7-15(2)9-11/h11-13H,3-10H2,1-2H3. The van der Waals surface area contributed by atoms with Gasteiger partial charge in [-0.25, -0.2) is 0 Å². The summed E-state index contributed by atoms with van der Waals surface area (Å²) in [7, 11) is 4.46. The Morgan fingerprint density at radius 3 is 2.53 bits per heavy atom. The third-order valence-electron chi connectivity index (χ3n) is 3.81. The second-order valence-corrected chi connectivity index (χ2v) is 5.43. The summed E-state index contributed by atoms with van der Waals surface area (Å²) in [6.45, 7) is 6.32. The van der Waals surface area contributed by atoms with E-state index in [-0.39, 0.29) is 0 Å². The predicted octanol–water partition coefficient (Wildman–Crippen LogP) is 0.622. The van der Waals surface area contributed by atoms with Crippen LogP contribution in [0.15, 0.2) is 0 Å². The van der Waals surface area contributed by atoms with E-state index in [2.05, 4.69) is 29.2 Å². The Morgan fingerprint density at radius 1 is 1.07 bits per heavy atom. The molecule has 1 N–H and O–H groups in total. The van der Waals surface area contributed by atoms with Crippen LogP contribution < -0.4 is 5.32 Å². The summed E-state index contributed by atoms with van der Waals surface area (Å²) in [5.41, 5.74) is 0. The van der Waals surface area contributed by atoms with Crippen molar-refractivity contribution in [3.63, 3.8) is 0 Å². The van der Waals surface area contributed by atoms with Gasteiger partial charge in [0.15, 0.2) is 0 Å². The first-order valence-electron chi connectivity index (χ1n) is 6.34. The van der Waals surface area contributed by atoms with Crippen LogP contribution in [0.5, 0.6) is 0 Å². The highest BCUT2D eigenvalue weighted by Gasteiger charge is 2.22. The fourth-order valence-electron chi connectivity index (χ4n) is 2.86. The Labute approximate surface area is 93.8 Å². The second-order valence-electron chi connectivity index (χ2n) is 5.43. The molecule has 2 fully saturated rings. The average molecular weight is 211 g/mol. The molecule has 2 aliphatic rings. The van der Waals surface area contributed by atoms with Crippen LogP contribution in [0.25, 0.3) is 0 Å². The van der Waals surface area contributed by atoms with Crippen molar-refractivity contribution in [3.8, 4) is 0 Å². The molecule has 0 aromatic carbocycles. The van der Waals surface area contributed by atoms with Gasteiger partial charge in [-0.1, -0.05) is 0 Å². The minimum atomic E-state index is 0.745. The monoisotopic (exact) mass is 211 g/mol. The summed E-state index contributed by atoms with van der Waals surface area (Å²) < 4.78 is 0. The van der Waals surface area contributed by atoms with E-state index < -0.39 is 0 Å². The van der Waals surface area contributed by atoms with Gasteiger partial charge < -0.3 is 15.1 Å². The molecule has 0 saturated carbocycles. The van der Waals surface area contributed by atoms with Gasteiger partial charge in [0.05, 0.1) is 0 Å². The molecule has 3 heteroatoms. The van der Waals surface area contributed by atoms with Crippen molar-refractivity contribution in [2.75, 3.05) is 46.8 Å². The van der Waals surface area contributed by atoms with E-state index in [1.165, 1.54) is 52.0 Å². The van der Waals surface area contributed by atoms with E-state index in [9.17, 15) is 0 Å². The highest BCUT2D eigenvalue weighted by molar-refractivity contribution is 4.80. The first kappa shape index (κ1) is 11.4. The lowest BCUT2D eigenvalue weighted by atomic mass is 10.0. The predicted molar refractivity (Wildman–Crippen MR) is 64.1 cm³/mol. The SMILES string of the molecule is CN1CCC(CNC2CCCN(C)C2)C1. The Balaban J connectivity index is 1.64. The summed E-state index contributed by atoms with van der Waals surface area (Å²) in [4.78, 5) is 4.89. The maximum absolute atomic E-state index is 3.75. The van der Waals surface area contributed by atoms with Gasteiger partial charge in [-0.05, 0) is 58.9 Å². The Morgan fingerprint density at radius 2 is 1.87 bits per heavy atom. The van der Waals surface area contributed by atoms with E-state index in [0.717, 1.165) is 12.0 Å². The van der Waals surface area contributed by atoms with E-state index in [1.54, 1.807) is 0 Å². The van der Waals surface area contributed by atoms with E-state index >= 15 is 0 Å². The highest BCUT2D eigenvalue weighted by atomic mass is 15.1. The number of likely N-dealkylation sites (N-methyl/N-ethyl adjacent to an activating group) is 1. The molecular formula is C12H25N3. The second kappa shape index (κ2) is 5.28. The molecule has 0 aromatic heterocycles. The Bertz CT molecular complexity index is 195.